The Balaban J connectivity index is 2.41. The number of nitrogens with one attached hydrogen (secondary N) is 1. The molecule has 0 aliphatic heterocycles. The Kier molecular flexibility index (Phi) is 7.44. The fourth-order valence-corrected chi connectivity index (χ4v) is 3.66. The molecule has 0 aliphatic carbocycles. The van der Waals surface area contributed by atoms with Crippen LogP contribution < -0.4 is 16.0 Å². The van der Waals surface area contributed by atoms with Crippen LogP contribution in [0.15, 0.2) is 30.3 Å². The van der Waals surface area contributed by atoms with E-state index in [0.717, 1.165) is 31.6 Å². The van der Waals surface area contributed by atoms with Crippen LogP contribution in [0.3, 0.4) is 0 Å². The molecule has 4 nitrogen and oxygen atoms in total. The number of carbonyl (C=O) groups excluding carboxylic acids is 1. The van der Waals surface area contributed by atoms with E-state index in [1.807, 2.05) is 6.07 Å². The minimum absolute atomic E-state index is 0.278. The number of hydrogen-bond acceptors (Lipinski definition) is 3. The predicted octanol–water partition coefficient (Wildman–Crippen LogP) is 6.11. The van der Waals surface area contributed by atoms with Gasteiger partial charge >= 0.3 is 0 Å². The van der Waals surface area contributed by atoms with Gasteiger partial charge in [0.1, 0.15) is 0 Å². The van der Waals surface area contributed by atoms with Crippen molar-refractivity contribution in [3.63, 3.8) is 0 Å². The smallest absolute Gasteiger partial charge is 0.257 e. The summed E-state index contributed by atoms with van der Waals surface area (Å²) in [4.78, 5) is 15.1. The van der Waals surface area contributed by atoms with Gasteiger partial charge in [0, 0.05) is 29.5 Å². The first kappa shape index (κ1) is 20.7. The first-order valence-electron chi connectivity index (χ1n) is 8.47. The number of hydrogen-bond donors (Lipinski definition) is 2. The van der Waals surface area contributed by atoms with Gasteiger partial charge in [-0.15, -0.1) is 0 Å². The highest BCUT2D eigenvalue weighted by Gasteiger charge is 2.19. The third kappa shape index (κ3) is 4.97. The maximum absolute atomic E-state index is 12.9. The Morgan fingerprint density at radius 3 is 2.15 bits per heavy atom. The highest BCUT2D eigenvalue weighted by Crippen LogP contribution is 2.34. The van der Waals surface area contributed by atoms with Crippen molar-refractivity contribution in [1.82, 2.24) is 0 Å². The van der Waals surface area contributed by atoms with Gasteiger partial charge in [0.25, 0.3) is 5.91 Å². The number of rotatable bonds is 7. The SMILES string of the molecule is CCCN(CCC)c1ccc(N)cc1C(=O)Nc1c(Cl)cc(Cl)cc1Cl. The fraction of sp³-hybridized carbons (Fsp3) is 0.316. The highest BCUT2D eigenvalue weighted by atomic mass is 35.5. The van der Waals surface area contributed by atoms with E-state index in [2.05, 4.69) is 24.1 Å². The molecule has 0 atom stereocenters. The number of nitrogens with zero attached hydrogens (tertiary/aromatic N) is 1. The summed E-state index contributed by atoms with van der Waals surface area (Å²) in [5, 5.41) is 3.74. The molecule has 0 bridgehead atoms. The molecule has 3 N–H and O–H groups in total. The zero-order valence-corrected chi connectivity index (χ0v) is 17.0. The van der Waals surface area contributed by atoms with E-state index in [4.69, 9.17) is 40.5 Å². The van der Waals surface area contributed by atoms with E-state index >= 15 is 0 Å². The maximum Gasteiger partial charge on any atom is 0.257 e. The van der Waals surface area contributed by atoms with Crippen LogP contribution in [0.2, 0.25) is 15.1 Å². The molecule has 0 saturated heterocycles. The standard InChI is InChI=1S/C19H22Cl3N3O/c1-3-7-25(8-4-2)17-6-5-13(23)11-14(17)19(26)24-18-15(21)9-12(20)10-16(18)22/h5-6,9-11H,3-4,7-8,23H2,1-2H3,(H,24,26). The maximum atomic E-state index is 12.9. The van der Waals surface area contributed by atoms with E-state index in [1.165, 1.54) is 12.1 Å². The lowest BCUT2D eigenvalue weighted by atomic mass is 10.1. The lowest BCUT2D eigenvalue weighted by Crippen LogP contribution is -2.28. The second-order valence-corrected chi connectivity index (χ2v) is 7.21. The first-order chi connectivity index (χ1) is 12.4. The van der Waals surface area contributed by atoms with E-state index in [9.17, 15) is 4.79 Å². The molecular weight excluding hydrogens is 393 g/mol. The number of nitrogen functional groups attached to an aromatic ring is 1. The Hall–Kier alpha value is -1.62. The predicted molar refractivity (Wildman–Crippen MR) is 113 cm³/mol. The van der Waals surface area contributed by atoms with E-state index in [0.29, 0.717) is 22.0 Å². The van der Waals surface area contributed by atoms with Gasteiger partial charge in [0.15, 0.2) is 0 Å². The van der Waals surface area contributed by atoms with Crippen molar-refractivity contribution in [2.75, 3.05) is 29.0 Å². The number of benzene rings is 2. The van der Waals surface area contributed by atoms with Crippen LogP contribution in [0.1, 0.15) is 37.0 Å². The van der Waals surface area contributed by atoms with Gasteiger partial charge in [-0.05, 0) is 43.2 Å². The van der Waals surface area contributed by atoms with Crippen LogP contribution in [0.25, 0.3) is 0 Å². The lowest BCUT2D eigenvalue weighted by Gasteiger charge is -2.26. The van der Waals surface area contributed by atoms with Crippen molar-refractivity contribution in [1.29, 1.82) is 0 Å². The van der Waals surface area contributed by atoms with Crippen LogP contribution in [-0.4, -0.2) is 19.0 Å². The Morgan fingerprint density at radius 1 is 1.04 bits per heavy atom. The van der Waals surface area contributed by atoms with Gasteiger partial charge < -0.3 is 16.0 Å². The number of nitrogens with two attached hydrogens (primary N) is 1. The summed E-state index contributed by atoms with van der Waals surface area (Å²) in [5.41, 5.74) is 8.08. The highest BCUT2D eigenvalue weighted by molar-refractivity contribution is 6.42. The quantitative estimate of drug-likeness (QED) is 0.537. The van der Waals surface area contributed by atoms with E-state index < -0.39 is 0 Å². The molecule has 0 heterocycles. The molecule has 26 heavy (non-hydrogen) atoms. The third-order valence-corrected chi connectivity index (χ3v) is 4.65. The Bertz CT molecular complexity index is 767. The van der Waals surface area contributed by atoms with Gasteiger partial charge in [0.05, 0.1) is 21.3 Å². The topological polar surface area (TPSA) is 58.4 Å². The van der Waals surface area contributed by atoms with Crippen LogP contribution in [0.4, 0.5) is 17.1 Å². The molecule has 0 fully saturated rings. The number of amides is 1. The second-order valence-electron chi connectivity index (χ2n) is 5.96. The van der Waals surface area contributed by atoms with Gasteiger partial charge in [0.2, 0.25) is 0 Å². The molecule has 140 valence electrons. The molecule has 0 aliphatic rings. The second kappa shape index (κ2) is 9.36. The monoisotopic (exact) mass is 413 g/mol. The number of anilines is 3. The van der Waals surface area contributed by atoms with Crippen LogP contribution in [-0.2, 0) is 0 Å². The van der Waals surface area contributed by atoms with Crippen LogP contribution in [0, 0.1) is 0 Å². The lowest BCUT2D eigenvalue weighted by molar-refractivity contribution is 0.102. The van der Waals surface area contributed by atoms with Crippen molar-refractivity contribution < 1.29 is 4.79 Å². The van der Waals surface area contributed by atoms with Crippen molar-refractivity contribution in [2.45, 2.75) is 26.7 Å². The molecule has 7 heteroatoms. The van der Waals surface area contributed by atoms with Gasteiger partial charge in [-0.3, -0.25) is 4.79 Å². The molecule has 0 spiro atoms. The number of carbonyl (C=O) groups is 1. The minimum atomic E-state index is -0.323. The zero-order valence-electron chi connectivity index (χ0n) is 14.8. The third-order valence-electron chi connectivity index (χ3n) is 3.84. The number of halogens is 3. The van der Waals surface area contributed by atoms with Crippen molar-refractivity contribution in [2.24, 2.45) is 0 Å². The van der Waals surface area contributed by atoms with Crippen molar-refractivity contribution >= 4 is 57.8 Å². The molecular formula is C19H22Cl3N3O. The van der Waals surface area contributed by atoms with Crippen molar-refractivity contribution in [3.8, 4) is 0 Å². The summed E-state index contributed by atoms with van der Waals surface area (Å²) in [6.45, 7) is 5.90. The summed E-state index contributed by atoms with van der Waals surface area (Å²) in [6, 6.07) is 8.41. The molecule has 0 saturated carbocycles. The van der Waals surface area contributed by atoms with Gasteiger partial charge in [-0.2, -0.15) is 0 Å². The zero-order chi connectivity index (χ0) is 19.3. The van der Waals surface area contributed by atoms with Gasteiger partial charge in [-0.1, -0.05) is 48.7 Å². The van der Waals surface area contributed by atoms with Gasteiger partial charge in [-0.25, -0.2) is 0 Å². The Labute approximate surface area is 169 Å². The molecule has 2 aromatic rings. The minimum Gasteiger partial charge on any atom is -0.399 e. The molecule has 0 radical (unpaired) electrons. The summed E-state index contributed by atoms with van der Waals surface area (Å²) in [5.74, 6) is -0.323. The summed E-state index contributed by atoms with van der Waals surface area (Å²) in [6.07, 6.45) is 1.94. The van der Waals surface area contributed by atoms with Crippen molar-refractivity contribution in [3.05, 3.63) is 51.0 Å². The molecule has 2 aromatic carbocycles. The van der Waals surface area contributed by atoms with E-state index in [1.54, 1.807) is 12.1 Å². The van der Waals surface area contributed by atoms with Crippen LogP contribution >= 0.6 is 34.8 Å². The average Bonchev–Trinajstić information content (AvgIpc) is 2.57. The van der Waals surface area contributed by atoms with Crippen LogP contribution in [0.5, 0.6) is 0 Å². The van der Waals surface area contributed by atoms with E-state index in [-0.39, 0.29) is 16.0 Å². The fourth-order valence-electron chi connectivity index (χ4n) is 2.75. The normalized spacial score (nSPS) is 10.7. The molecule has 2 rings (SSSR count). The summed E-state index contributed by atoms with van der Waals surface area (Å²) < 4.78 is 0. The molecule has 0 unspecified atom stereocenters. The average molecular weight is 415 g/mol. The summed E-state index contributed by atoms with van der Waals surface area (Å²) >= 11 is 18.3. The molecule has 0 aromatic heterocycles. The Morgan fingerprint density at radius 2 is 1.62 bits per heavy atom. The largest absolute Gasteiger partial charge is 0.399 e. The molecule has 1 amide bonds. The summed E-state index contributed by atoms with van der Waals surface area (Å²) in [7, 11) is 0. The first-order valence-corrected chi connectivity index (χ1v) is 9.61.